The maximum Gasteiger partial charge on any atom is 0.338 e. The van der Waals surface area contributed by atoms with Crippen LogP contribution in [0.4, 0.5) is 5.69 Å². The highest BCUT2D eigenvalue weighted by molar-refractivity contribution is 14.1. The first-order valence-electron chi connectivity index (χ1n) is 6.50. The maximum absolute atomic E-state index is 11.6. The van der Waals surface area contributed by atoms with Gasteiger partial charge in [-0.3, -0.25) is 4.99 Å². The lowest BCUT2D eigenvalue weighted by atomic mass is 10.2. The second-order valence-corrected chi connectivity index (χ2v) is 6.76. The molecule has 0 aromatic heterocycles. The quantitative estimate of drug-likeness (QED) is 0.366. The van der Waals surface area contributed by atoms with E-state index in [-0.39, 0.29) is 11.7 Å². The Labute approximate surface area is 155 Å². The van der Waals surface area contributed by atoms with Crippen LogP contribution in [0.5, 0.6) is 5.75 Å². The molecule has 0 amide bonds. The molecule has 0 heterocycles. The molecule has 6 heteroatoms. The summed E-state index contributed by atoms with van der Waals surface area (Å²) in [5.41, 5.74) is 1.85. The summed E-state index contributed by atoms with van der Waals surface area (Å²) < 4.78 is 6.73. The van der Waals surface area contributed by atoms with Gasteiger partial charge in [0, 0.05) is 15.3 Å². The lowest BCUT2D eigenvalue weighted by Gasteiger charge is -2.03. The molecule has 0 aliphatic carbocycles. The van der Waals surface area contributed by atoms with E-state index in [2.05, 4.69) is 50.2 Å². The van der Waals surface area contributed by atoms with E-state index in [1.807, 2.05) is 12.1 Å². The van der Waals surface area contributed by atoms with Gasteiger partial charge in [0.1, 0.15) is 5.75 Å². The molecule has 114 valence electrons. The number of carbonyl (C=O) groups is 1. The van der Waals surface area contributed by atoms with Gasteiger partial charge in [-0.1, -0.05) is 0 Å². The Bertz CT molecular complexity index is 712. The monoisotopic (exact) mass is 521 g/mol. The molecule has 0 atom stereocenters. The molecule has 0 unspecified atom stereocenters. The third-order valence-electron chi connectivity index (χ3n) is 2.79. The second-order valence-electron chi connectivity index (χ2n) is 4.35. The number of phenolic OH excluding ortho intramolecular Hbond substituents is 1. The highest BCUT2D eigenvalue weighted by Gasteiger charge is 2.06. The molecule has 4 nitrogen and oxygen atoms in total. The number of phenols is 1. The van der Waals surface area contributed by atoms with Gasteiger partial charge in [-0.25, -0.2) is 4.79 Å². The SMILES string of the molecule is CCOC(=O)c1ccc(/N=C/c2cc(I)cc(I)c2O)cc1. The van der Waals surface area contributed by atoms with Crippen molar-refractivity contribution in [3.05, 3.63) is 54.7 Å². The minimum absolute atomic E-state index is 0.216. The van der Waals surface area contributed by atoms with Crippen LogP contribution in [0.25, 0.3) is 0 Å². The highest BCUT2D eigenvalue weighted by Crippen LogP contribution is 2.26. The predicted molar refractivity (Wildman–Crippen MR) is 103 cm³/mol. The average molecular weight is 521 g/mol. The summed E-state index contributed by atoms with van der Waals surface area (Å²) in [6.45, 7) is 2.12. The average Bonchev–Trinajstić information content (AvgIpc) is 2.50. The number of esters is 1. The van der Waals surface area contributed by atoms with E-state index in [0.29, 0.717) is 23.4 Å². The van der Waals surface area contributed by atoms with E-state index < -0.39 is 0 Å². The first-order chi connectivity index (χ1) is 10.5. The zero-order valence-electron chi connectivity index (χ0n) is 11.7. The van der Waals surface area contributed by atoms with Crippen molar-refractivity contribution >= 4 is 63.1 Å². The summed E-state index contributed by atoms with van der Waals surface area (Å²) in [7, 11) is 0. The molecule has 2 aromatic carbocycles. The third-order valence-corrected chi connectivity index (χ3v) is 4.23. The Balaban J connectivity index is 2.19. The van der Waals surface area contributed by atoms with E-state index >= 15 is 0 Å². The van der Waals surface area contributed by atoms with E-state index in [1.54, 1.807) is 37.4 Å². The first kappa shape index (κ1) is 17.2. The van der Waals surface area contributed by atoms with Crippen molar-refractivity contribution in [1.82, 2.24) is 0 Å². The molecular formula is C16H13I2NO3. The van der Waals surface area contributed by atoms with Gasteiger partial charge in [0.2, 0.25) is 0 Å². The number of rotatable bonds is 4. The van der Waals surface area contributed by atoms with Crippen molar-refractivity contribution in [2.75, 3.05) is 6.61 Å². The van der Waals surface area contributed by atoms with Crippen LogP contribution in [0.3, 0.4) is 0 Å². The van der Waals surface area contributed by atoms with Crippen LogP contribution in [-0.4, -0.2) is 23.9 Å². The summed E-state index contributed by atoms with van der Waals surface area (Å²) >= 11 is 4.27. The van der Waals surface area contributed by atoms with Crippen molar-refractivity contribution in [3.8, 4) is 5.75 Å². The van der Waals surface area contributed by atoms with Crippen LogP contribution in [0, 0.1) is 7.14 Å². The predicted octanol–water partition coefficient (Wildman–Crippen LogP) is 4.53. The molecule has 22 heavy (non-hydrogen) atoms. The molecule has 2 rings (SSSR count). The number of benzene rings is 2. The minimum Gasteiger partial charge on any atom is -0.506 e. The Morgan fingerprint density at radius 3 is 2.59 bits per heavy atom. The van der Waals surface area contributed by atoms with Gasteiger partial charge in [-0.05, 0) is 88.5 Å². The minimum atomic E-state index is -0.345. The van der Waals surface area contributed by atoms with E-state index in [1.165, 1.54) is 0 Å². The van der Waals surface area contributed by atoms with Crippen molar-refractivity contribution in [2.45, 2.75) is 6.92 Å². The topological polar surface area (TPSA) is 58.9 Å². The normalized spacial score (nSPS) is 10.9. The van der Waals surface area contributed by atoms with E-state index in [0.717, 1.165) is 7.14 Å². The molecule has 0 aliphatic rings. The van der Waals surface area contributed by atoms with Crippen molar-refractivity contribution in [3.63, 3.8) is 0 Å². The van der Waals surface area contributed by atoms with Gasteiger partial charge in [-0.2, -0.15) is 0 Å². The maximum atomic E-state index is 11.6. The smallest absolute Gasteiger partial charge is 0.338 e. The van der Waals surface area contributed by atoms with Gasteiger partial charge >= 0.3 is 5.97 Å². The van der Waals surface area contributed by atoms with Gasteiger partial charge in [0.15, 0.2) is 0 Å². The van der Waals surface area contributed by atoms with Crippen LogP contribution >= 0.6 is 45.2 Å². The number of aliphatic imine (C=N–C) groups is 1. The van der Waals surface area contributed by atoms with Crippen LogP contribution in [-0.2, 0) is 4.74 Å². The molecule has 0 spiro atoms. The fourth-order valence-electron chi connectivity index (χ4n) is 1.73. The molecule has 1 N–H and O–H groups in total. The summed E-state index contributed by atoms with van der Waals surface area (Å²) in [5, 5.41) is 10.0. The molecule has 0 fully saturated rings. The first-order valence-corrected chi connectivity index (χ1v) is 8.66. The molecule has 0 saturated heterocycles. The Morgan fingerprint density at radius 1 is 1.27 bits per heavy atom. The van der Waals surface area contributed by atoms with Gasteiger partial charge in [-0.15, -0.1) is 0 Å². The number of carbonyl (C=O) groups excluding carboxylic acids is 1. The fraction of sp³-hybridized carbons (Fsp3) is 0.125. The Morgan fingerprint density at radius 2 is 1.95 bits per heavy atom. The number of hydrogen-bond acceptors (Lipinski definition) is 4. The van der Waals surface area contributed by atoms with Gasteiger partial charge in [0.25, 0.3) is 0 Å². The van der Waals surface area contributed by atoms with Crippen LogP contribution in [0.2, 0.25) is 0 Å². The zero-order valence-corrected chi connectivity index (χ0v) is 16.0. The number of halogens is 2. The van der Waals surface area contributed by atoms with Gasteiger partial charge in [0.05, 0.1) is 21.4 Å². The number of aromatic hydroxyl groups is 1. The van der Waals surface area contributed by atoms with Crippen LogP contribution < -0.4 is 0 Å². The highest BCUT2D eigenvalue weighted by atomic mass is 127. The van der Waals surface area contributed by atoms with E-state index in [9.17, 15) is 9.90 Å². The molecule has 0 aliphatic heterocycles. The summed E-state index contributed by atoms with van der Waals surface area (Å²) in [5.74, 6) is -0.129. The summed E-state index contributed by atoms with van der Waals surface area (Å²) in [6, 6.07) is 10.6. The fourth-order valence-corrected chi connectivity index (χ4v) is 3.62. The van der Waals surface area contributed by atoms with Crippen molar-refractivity contribution in [2.24, 2.45) is 4.99 Å². The van der Waals surface area contributed by atoms with Crippen LogP contribution in [0.1, 0.15) is 22.8 Å². The second kappa shape index (κ2) is 7.91. The van der Waals surface area contributed by atoms with E-state index in [4.69, 9.17) is 4.74 Å². The van der Waals surface area contributed by atoms with Gasteiger partial charge < -0.3 is 9.84 Å². The van der Waals surface area contributed by atoms with Crippen molar-refractivity contribution < 1.29 is 14.6 Å². The molecule has 0 bridgehead atoms. The molecule has 2 aromatic rings. The standard InChI is InChI=1S/C16H13I2NO3/c1-2-22-16(21)10-3-5-13(6-4-10)19-9-11-7-12(17)8-14(18)15(11)20/h3-9,20H,2H2,1H3/b19-9+. The number of ether oxygens (including phenoxy) is 1. The van der Waals surface area contributed by atoms with Crippen molar-refractivity contribution in [1.29, 1.82) is 0 Å². The third kappa shape index (κ3) is 4.42. The Kier molecular flexibility index (Phi) is 6.18. The summed E-state index contributed by atoms with van der Waals surface area (Å²) in [6.07, 6.45) is 1.61. The number of hydrogen-bond donors (Lipinski definition) is 1. The van der Waals surface area contributed by atoms with Crippen LogP contribution in [0.15, 0.2) is 41.4 Å². The number of nitrogens with zero attached hydrogens (tertiary/aromatic N) is 1. The lowest BCUT2D eigenvalue weighted by Crippen LogP contribution is -2.03. The molecule has 0 radical (unpaired) electrons. The Hall–Kier alpha value is -1.16. The molecular weight excluding hydrogens is 508 g/mol. The summed E-state index contributed by atoms with van der Waals surface area (Å²) in [4.78, 5) is 15.9. The zero-order chi connectivity index (χ0) is 16.1. The molecule has 0 saturated carbocycles. The lowest BCUT2D eigenvalue weighted by molar-refractivity contribution is 0.0526. The largest absolute Gasteiger partial charge is 0.506 e.